The van der Waals surface area contributed by atoms with Crippen molar-refractivity contribution in [2.45, 2.75) is 49.9 Å². The molecule has 0 radical (unpaired) electrons. The molecule has 19 heavy (non-hydrogen) atoms. The van der Waals surface area contributed by atoms with Gasteiger partial charge in [0.25, 0.3) is 5.92 Å². The van der Waals surface area contributed by atoms with Gasteiger partial charge >= 0.3 is 6.18 Å². The molecule has 0 unspecified atom stereocenters. The molecular weight excluding hydrogens is 271 g/mol. The van der Waals surface area contributed by atoms with Gasteiger partial charge in [0.05, 0.1) is 18.2 Å². The molecule has 1 saturated carbocycles. The molecule has 1 N–H and O–H groups in total. The van der Waals surface area contributed by atoms with Crippen LogP contribution in [0.4, 0.5) is 22.0 Å². The van der Waals surface area contributed by atoms with E-state index in [1.165, 1.54) is 0 Å². The van der Waals surface area contributed by atoms with Crippen LogP contribution >= 0.6 is 0 Å². The molecule has 106 valence electrons. The molecule has 0 aromatic carbocycles. The third-order valence-corrected chi connectivity index (χ3v) is 3.82. The van der Waals surface area contributed by atoms with Crippen LogP contribution in [-0.4, -0.2) is 20.8 Å². The molecule has 0 spiro atoms. The Labute approximate surface area is 105 Å². The van der Waals surface area contributed by atoms with Gasteiger partial charge in [0, 0.05) is 5.56 Å². The summed E-state index contributed by atoms with van der Waals surface area (Å²) in [6, 6.07) is -0.258. The molecule has 0 aliphatic heterocycles. The lowest BCUT2D eigenvalue weighted by Gasteiger charge is -2.27. The summed E-state index contributed by atoms with van der Waals surface area (Å²) < 4.78 is 66.4. The highest BCUT2D eigenvalue weighted by molar-refractivity contribution is 5.38. The highest BCUT2D eigenvalue weighted by Crippen LogP contribution is 2.49. The number of hydrogen-bond donors (Lipinski definition) is 1. The highest BCUT2D eigenvalue weighted by Gasteiger charge is 2.55. The Kier molecular flexibility index (Phi) is 2.49. The second-order valence-electron chi connectivity index (χ2n) is 5.08. The fourth-order valence-corrected chi connectivity index (χ4v) is 2.62. The molecule has 1 aromatic rings. The van der Waals surface area contributed by atoms with Crippen molar-refractivity contribution >= 4 is 0 Å². The molecule has 8 heteroatoms. The minimum atomic E-state index is -4.83. The Morgan fingerprint density at radius 3 is 2.37 bits per heavy atom. The number of aliphatic hydroxyl groups is 1. The van der Waals surface area contributed by atoms with Crippen LogP contribution in [0.25, 0.3) is 0 Å². The summed E-state index contributed by atoms with van der Waals surface area (Å²) in [6.45, 7) is 0. The largest absolute Gasteiger partial charge is 0.435 e. The molecule has 0 bridgehead atoms. The number of rotatable bonds is 1. The van der Waals surface area contributed by atoms with Gasteiger partial charge in [-0.25, -0.2) is 8.78 Å². The van der Waals surface area contributed by atoms with Crippen LogP contribution in [0.1, 0.15) is 48.4 Å². The number of fused-ring (bicyclic) bond motifs is 1. The van der Waals surface area contributed by atoms with E-state index in [2.05, 4.69) is 5.10 Å². The average Bonchev–Trinajstić information content (AvgIpc) is 2.62. The van der Waals surface area contributed by atoms with E-state index < -0.39 is 35.9 Å². The summed E-state index contributed by atoms with van der Waals surface area (Å²) in [5.41, 5.74) is -2.29. The first kappa shape index (κ1) is 12.8. The van der Waals surface area contributed by atoms with Gasteiger partial charge < -0.3 is 5.11 Å². The third kappa shape index (κ3) is 1.76. The number of hydrogen-bond acceptors (Lipinski definition) is 2. The lowest BCUT2D eigenvalue weighted by atomic mass is 9.93. The van der Waals surface area contributed by atoms with E-state index in [-0.39, 0.29) is 11.7 Å². The number of halogens is 5. The monoisotopic (exact) mass is 282 g/mol. The number of nitrogens with zero attached hydrogens (tertiary/aromatic N) is 2. The first-order valence-corrected chi connectivity index (χ1v) is 5.96. The molecule has 1 aromatic heterocycles. The van der Waals surface area contributed by atoms with Gasteiger partial charge in [-0.15, -0.1) is 0 Å². The molecule has 2 aliphatic carbocycles. The summed E-state index contributed by atoms with van der Waals surface area (Å²) in [4.78, 5) is 0. The van der Waals surface area contributed by atoms with E-state index in [1.54, 1.807) is 0 Å². The first-order chi connectivity index (χ1) is 8.72. The molecular formula is C11H11F5N2O. The maximum Gasteiger partial charge on any atom is 0.435 e. The fraction of sp³-hybridized carbons (Fsp3) is 0.727. The molecule has 0 amide bonds. The van der Waals surface area contributed by atoms with Crippen molar-refractivity contribution < 1.29 is 27.1 Å². The molecule has 3 nitrogen and oxygen atoms in total. The van der Waals surface area contributed by atoms with Crippen molar-refractivity contribution in [3.63, 3.8) is 0 Å². The Hall–Kier alpha value is -1.18. The van der Waals surface area contributed by atoms with E-state index in [9.17, 15) is 27.1 Å². The van der Waals surface area contributed by atoms with Crippen LogP contribution in [0.5, 0.6) is 0 Å². The standard InChI is InChI=1S/C11H11F5N2O/c12-10(13)4-6-7(9(10)19)8(11(14,15)16)17-18(6)5-2-1-3-5/h5,9,19H,1-4H2/t9-/m0/s1. The summed E-state index contributed by atoms with van der Waals surface area (Å²) in [5, 5.41) is 12.9. The van der Waals surface area contributed by atoms with E-state index in [1.807, 2.05) is 0 Å². The van der Waals surface area contributed by atoms with Gasteiger partial charge in [-0.1, -0.05) is 0 Å². The van der Waals surface area contributed by atoms with Crippen LogP contribution in [0.3, 0.4) is 0 Å². The third-order valence-electron chi connectivity index (χ3n) is 3.82. The van der Waals surface area contributed by atoms with Gasteiger partial charge in [-0.2, -0.15) is 18.3 Å². The van der Waals surface area contributed by atoms with E-state index >= 15 is 0 Å². The predicted octanol–water partition coefficient (Wildman–Crippen LogP) is 2.85. The summed E-state index contributed by atoms with van der Waals surface area (Å²) in [7, 11) is 0. The second kappa shape index (κ2) is 3.68. The zero-order chi connectivity index (χ0) is 14.0. The number of alkyl halides is 5. The van der Waals surface area contributed by atoms with Crippen molar-refractivity contribution in [3.8, 4) is 0 Å². The quantitative estimate of drug-likeness (QED) is 0.804. The van der Waals surface area contributed by atoms with Crippen molar-refractivity contribution in [3.05, 3.63) is 17.0 Å². The fourth-order valence-electron chi connectivity index (χ4n) is 2.62. The molecule has 1 fully saturated rings. The normalized spacial score (nSPS) is 26.3. The topological polar surface area (TPSA) is 38.1 Å². The van der Waals surface area contributed by atoms with Gasteiger partial charge in [0.2, 0.25) is 0 Å². The van der Waals surface area contributed by atoms with Crippen molar-refractivity contribution in [1.29, 1.82) is 0 Å². The van der Waals surface area contributed by atoms with Crippen LogP contribution in [0, 0.1) is 0 Å². The smallest absolute Gasteiger partial charge is 0.382 e. The predicted molar refractivity (Wildman–Crippen MR) is 53.7 cm³/mol. The van der Waals surface area contributed by atoms with Crippen LogP contribution < -0.4 is 0 Å². The van der Waals surface area contributed by atoms with Gasteiger partial charge in [0.1, 0.15) is 6.10 Å². The SMILES string of the molecule is O[C@H]1c2c(C(F)(F)F)nn(C3CCC3)c2CC1(F)F. The van der Waals surface area contributed by atoms with Gasteiger partial charge in [-0.3, -0.25) is 4.68 Å². The minimum Gasteiger partial charge on any atom is -0.382 e. The maximum absolute atomic E-state index is 13.4. The van der Waals surface area contributed by atoms with Crippen LogP contribution in [0.2, 0.25) is 0 Å². The zero-order valence-corrected chi connectivity index (χ0v) is 9.71. The number of aliphatic hydroxyl groups excluding tert-OH is 1. The highest BCUT2D eigenvalue weighted by atomic mass is 19.4. The summed E-state index contributed by atoms with van der Waals surface area (Å²) >= 11 is 0. The van der Waals surface area contributed by atoms with Gasteiger partial charge in [-0.05, 0) is 19.3 Å². The van der Waals surface area contributed by atoms with E-state index in [4.69, 9.17) is 0 Å². The molecule has 1 heterocycles. The lowest BCUT2D eigenvalue weighted by molar-refractivity contribution is -0.146. The van der Waals surface area contributed by atoms with E-state index in [0.717, 1.165) is 11.1 Å². The van der Waals surface area contributed by atoms with Gasteiger partial charge in [0.15, 0.2) is 5.69 Å². The van der Waals surface area contributed by atoms with Crippen LogP contribution in [0.15, 0.2) is 0 Å². The summed E-state index contributed by atoms with van der Waals surface area (Å²) in [6.07, 6.45) is -6.03. The maximum atomic E-state index is 13.4. The lowest BCUT2D eigenvalue weighted by Crippen LogP contribution is -2.26. The van der Waals surface area contributed by atoms with Crippen LogP contribution in [-0.2, 0) is 12.6 Å². The second-order valence-corrected chi connectivity index (χ2v) is 5.08. The Morgan fingerprint density at radius 1 is 1.26 bits per heavy atom. The summed E-state index contributed by atoms with van der Waals surface area (Å²) in [5.74, 6) is -3.56. The molecule has 1 atom stereocenters. The Morgan fingerprint density at radius 2 is 1.89 bits per heavy atom. The van der Waals surface area contributed by atoms with Crippen molar-refractivity contribution in [2.75, 3.05) is 0 Å². The Bertz CT molecular complexity index is 518. The first-order valence-electron chi connectivity index (χ1n) is 5.96. The molecule has 2 aliphatic rings. The van der Waals surface area contributed by atoms with Crippen molar-refractivity contribution in [1.82, 2.24) is 9.78 Å². The molecule has 0 saturated heterocycles. The Balaban J connectivity index is 2.14. The average molecular weight is 282 g/mol. The minimum absolute atomic E-state index is 0.172. The molecule has 3 rings (SSSR count). The zero-order valence-electron chi connectivity index (χ0n) is 9.71. The van der Waals surface area contributed by atoms with Crippen molar-refractivity contribution in [2.24, 2.45) is 0 Å². The number of aromatic nitrogens is 2. The van der Waals surface area contributed by atoms with E-state index in [0.29, 0.717) is 12.8 Å².